The van der Waals surface area contributed by atoms with Crippen LogP contribution < -0.4 is 5.32 Å². The molecule has 3 N–H and O–H groups in total. The third kappa shape index (κ3) is 4.81. The van der Waals surface area contributed by atoms with E-state index in [0.717, 1.165) is 0 Å². The van der Waals surface area contributed by atoms with Crippen LogP contribution in [0.25, 0.3) is 0 Å². The molecule has 0 aromatic carbocycles. The summed E-state index contributed by atoms with van der Waals surface area (Å²) in [4.78, 5) is 21.8. The molecule has 0 aliphatic rings. The van der Waals surface area contributed by atoms with E-state index in [0.29, 0.717) is 0 Å². The minimum absolute atomic E-state index is 0.165. The van der Waals surface area contributed by atoms with E-state index < -0.39 is 18.1 Å². The molecule has 0 saturated heterocycles. The van der Waals surface area contributed by atoms with Gasteiger partial charge in [0.15, 0.2) is 6.04 Å². The van der Waals surface area contributed by atoms with E-state index in [1.807, 2.05) is 13.8 Å². The van der Waals surface area contributed by atoms with Gasteiger partial charge >= 0.3 is 5.97 Å². The first-order valence-electron chi connectivity index (χ1n) is 4.54. The Bertz CT molecular complexity index is 213. The summed E-state index contributed by atoms with van der Waals surface area (Å²) in [6.45, 7) is 5.05. The van der Waals surface area contributed by atoms with E-state index in [4.69, 9.17) is 10.2 Å². The zero-order chi connectivity index (χ0) is 11.3. The fourth-order valence-corrected chi connectivity index (χ4v) is 0.992. The number of aliphatic hydroxyl groups excluding tert-OH is 1. The van der Waals surface area contributed by atoms with Gasteiger partial charge in [-0.15, -0.1) is 0 Å². The third-order valence-corrected chi connectivity index (χ3v) is 1.66. The quantitative estimate of drug-likeness (QED) is 0.586. The van der Waals surface area contributed by atoms with Crippen molar-refractivity contribution in [2.75, 3.05) is 0 Å². The van der Waals surface area contributed by atoms with Crippen LogP contribution in [0.4, 0.5) is 0 Å². The van der Waals surface area contributed by atoms with Gasteiger partial charge in [0.05, 0.1) is 6.10 Å². The van der Waals surface area contributed by atoms with Crippen LogP contribution in [0.3, 0.4) is 0 Å². The molecule has 5 heteroatoms. The van der Waals surface area contributed by atoms with Gasteiger partial charge in [0.25, 0.3) is 0 Å². The molecule has 0 fully saturated rings. The van der Waals surface area contributed by atoms with E-state index >= 15 is 0 Å². The lowest BCUT2D eigenvalue weighted by molar-refractivity contribution is -0.144. The zero-order valence-corrected chi connectivity index (χ0v) is 8.65. The van der Waals surface area contributed by atoms with Gasteiger partial charge in [0, 0.05) is 6.42 Å². The van der Waals surface area contributed by atoms with Crippen LogP contribution in [-0.2, 0) is 9.59 Å². The molecule has 82 valence electrons. The minimum Gasteiger partial charge on any atom is -0.480 e. The number of hydrogen-bond acceptors (Lipinski definition) is 3. The molecule has 14 heavy (non-hydrogen) atoms. The smallest absolute Gasteiger partial charge is 0.328 e. The number of hydrogen-bond donors (Lipinski definition) is 3. The zero-order valence-electron chi connectivity index (χ0n) is 8.65. The molecule has 0 saturated carbocycles. The van der Waals surface area contributed by atoms with Crippen molar-refractivity contribution >= 4 is 11.9 Å². The number of aliphatic hydroxyl groups is 1. The summed E-state index contributed by atoms with van der Waals surface area (Å²) in [5.41, 5.74) is 0. The Morgan fingerprint density at radius 1 is 1.29 bits per heavy atom. The second-order valence-electron chi connectivity index (χ2n) is 3.72. The first-order chi connectivity index (χ1) is 6.34. The number of amides is 1. The molecule has 0 unspecified atom stereocenters. The maximum absolute atomic E-state index is 11.2. The third-order valence-electron chi connectivity index (χ3n) is 1.66. The first-order valence-corrected chi connectivity index (χ1v) is 4.54. The van der Waals surface area contributed by atoms with Crippen molar-refractivity contribution in [2.45, 2.75) is 39.3 Å². The molecule has 0 aromatic rings. The SMILES string of the molecule is CC(C)CC(=O)N[C@H](C(=O)O)[C@@H](C)O. The van der Waals surface area contributed by atoms with Crippen LogP contribution in [0.5, 0.6) is 0 Å². The lowest BCUT2D eigenvalue weighted by Gasteiger charge is -2.17. The number of carboxylic acid groups (broad SMARTS) is 1. The van der Waals surface area contributed by atoms with Crippen molar-refractivity contribution in [3.8, 4) is 0 Å². The number of rotatable bonds is 5. The Kier molecular flexibility index (Phi) is 5.15. The molecule has 1 amide bonds. The Labute approximate surface area is 83.1 Å². The van der Waals surface area contributed by atoms with Crippen LogP contribution in [0.15, 0.2) is 0 Å². The topological polar surface area (TPSA) is 86.6 Å². The summed E-state index contributed by atoms with van der Waals surface area (Å²) in [5.74, 6) is -1.41. The summed E-state index contributed by atoms with van der Waals surface area (Å²) in [7, 11) is 0. The van der Waals surface area contributed by atoms with Crippen molar-refractivity contribution in [1.82, 2.24) is 5.32 Å². The largest absolute Gasteiger partial charge is 0.480 e. The van der Waals surface area contributed by atoms with Gasteiger partial charge in [0.2, 0.25) is 5.91 Å². The molecular formula is C9H17NO4. The second kappa shape index (κ2) is 5.59. The second-order valence-corrected chi connectivity index (χ2v) is 3.72. The van der Waals surface area contributed by atoms with Gasteiger partial charge in [-0.2, -0.15) is 0 Å². The van der Waals surface area contributed by atoms with E-state index in [-0.39, 0.29) is 18.2 Å². The molecule has 0 spiro atoms. The number of aliphatic carboxylic acids is 1. The molecule has 0 radical (unpaired) electrons. The van der Waals surface area contributed by atoms with Gasteiger partial charge in [-0.3, -0.25) is 4.79 Å². The predicted molar refractivity (Wildman–Crippen MR) is 50.7 cm³/mol. The number of nitrogens with one attached hydrogen (secondary N) is 1. The highest BCUT2D eigenvalue weighted by Gasteiger charge is 2.24. The van der Waals surface area contributed by atoms with E-state index in [9.17, 15) is 9.59 Å². The highest BCUT2D eigenvalue weighted by Crippen LogP contribution is 2.00. The van der Waals surface area contributed by atoms with Crippen molar-refractivity contribution < 1.29 is 19.8 Å². The summed E-state index contributed by atoms with van der Waals surface area (Å²) in [6, 6.07) is -1.22. The van der Waals surface area contributed by atoms with Crippen molar-refractivity contribution in [3.05, 3.63) is 0 Å². The number of carboxylic acids is 1. The predicted octanol–water partition coefficient (Wildman–Crippen LogP) is -0.0173. The van der Waals surface area contributed by atoms with Crippen LogP contribution in [-0.4, -0.2) is 34.2 Å². The number of carbonyl (C=O) groups excluding carboxylic acids is 1. The van der Waals surface area contributed by atoms with Crippen LogP contribution in [0, 0.1) is 5.92 Å². The Hall–Kier alpha value is -1.10. The number of carbonyl (C=O) groups is 2. The Balaban J connectivity index is 4.17. The average molecular weight is 203 g/mol. The lowest BCUT2D eigenvalue weighted by Crippen LogP contribution is -2.47. The maximum Gasteiger partial charge on any atom is 0.328 e. The Morgan fingerprint density at radius 3 is 2.07 bits per heavy atom. The molecule has 0 aromatic heterocycles. The average Bonchev–Trinajstić information content (AvgIpc) is 1.97. The standard InChI is InChI=1S/C9H17NO4/c1-5(2)4-7(12)10-8(6(3)11)9(13)14/h5-6,8,11H,4H2,1-3H3,(H,10,12)(H,13,14)/t6-,8+/m1/s1. The fraction of sp³-hybridized carbons (Fsp3) is 0.778. The van der Waals surface area contributed by atoms with E-state index in [1.54, 1.807) is 0 Å². The van der Waals surface area contributed by atoms with Crippen molar-refractivity contribution in [2.24, 2.45) is 5.92 Å². The van der Waals surface area contributed by atoms with Gasteiger partial charge in [-0.1, -0.05) is 13.8 Å². The normalized spacial score (nSPS) is 14.9. The van der Waals surface area contributed by atoms with Crippen LogP contribution in [0.2, 0.25) is 0 Å². The molecule has 0 rings (SSSR count). The molecule has 0 aliphatic heterocycles. The molecule has 0 bridgehead atoms. The molecule has 5 nitrogen and oxygen atoms in total. The van der Waals surface area contributed by atoms with Crippen molar-refractivity contribution in [1.29, 1.82) is 0 Å². The summed E-state index contributed by atoms with van der Waals surface area (Å²) >= 11 is 0. The van der Waals surface area contributed by atoms with E-state index in [1.165, 1.54) is 6.92 Å². The summed E-state index contributed by atoms with van der Waals surface area (Å²) in [6.07, 6.45) is -0.833. The first kappa shape index (κ1) is 12.9. The summed E-state index contributed by atoms with van der Waals surface area (Å²) in [5, 5.41) is 20.0. The lowest BCUT2D eigenvalue weighted by atomic mass is 10.1. The van der Waals surface area contributed by atoms with Gasteiger partial charge in [-0.25, -0.2) is 4.79 Å². The monoisotopic (exact) mass is 203 g/mol. The van der Waals surface area contributed by atoms with E-state index in [2.05, 4.69) is 5.32 Å². The van der Waals surface area contributed by atoms with Gasteiger partial charge in [0.1, 0.15) is 0 Å². The van der Waals surface area contributed by atoms with Gasteiger partial charge in [-0.05, 0) is 12.8 Å². The Morgan fingerprint density at radius 2 is 1.79 bits per heavy atom. The van der Waals surface area contributed by atoms with Crippen molar-refractivity contribution in [3.63, 3.8) is 0 Å². The van der Waals surface area contributed by atoms with Gasteiger partial charge < -0.3 is 15.5 Å². The summed E-state index contributed by atoms with van der Waals surface area (Å²) < 4.78 is 0. The van der Waals surface area contributed by atoms with Crippen LogP contribution >= 0.6 is 0 Å². The highest BCUT2D eigenvalue weighted by atomic mass is 16.4. The highest BCUT2D eigenvalue weighted by molar-refractivity contribution is 5.83. The molecule has 0 aliphatic carbocycles. The molecule has 0 heterocycles. The fourth-order valence-electron chi connectivity index (χ4n) is 0.992. The molecular weight excluding hydrogens is 186 g/mol. The minimum atomic E-state index is -1.22. The molecule has 2 atom stereocenters. The van der Waals surface area contributed by atoms with Crippen LogP contribution in [0.1, 0.15) is 27.2 Å². The maximum atomic E-state index is 11.2.